The lowest BCUT2D eigenvalue weighted by Crippen LogP contribution is -1.95. The number of nitro groups is 1. The van der Waals surface area contributed by atoms with Crippen molar-refractivity contribution in [2.75, 3.05) is 5.73 Å². The zero-order valence-electron chi connectivity index (χ0n) is 8.47. The van der Waals surface area contributed by atoms with Crippen molar-refractivity contribution in [3.8, 4) is 11.4 Å². The number of H-pyrrole nitrogens is 1. The van der Waals surface area contributed by atoms with Crippen molar-refractivity contribution in [2.45, 2.75) is 6.92 Å². The van der Waals surface area contributed by atoms with Gasteiger partial charge in [0.05, 0.1) is 10.5 Å². The molecule has 1 aromatic carbocycles. The van der Waals surface area contributed by atoms with Gasteiger partial charge in [-0.25, -0.2) is 0 Å². The molecular weight excluding hydrogens is 210 g/mol. The van der Waals surface area contributed by atoms with Gasteiger partial charge in [-0.2, -0.15) is 4.98 Å². The third-order valence-corrected chi connectivity index (χ3v) is 2.19. The Morgan fingerprint density at radius 2 is 2.25 bits per heavy atom. The van der Waals surface area contributed by atoms with E-state index in [0.717, 1.165) is 5.56 Å². The first-order valence-electron chi connectivity index (χ1n) is 4.52. The molecule has 0 amide bonds. The molecular formula is C9H9N5O2. The number of nitro benzene ring substituents is 1. The highest BCUT2D eigenvalue weighted by Crippen LogP contribution is 2.30. The van der Waals surface area contributed by atoms with E-state index in [1.54, 1.807) is 19.1 Å². The van der Waals surface area contributed by atoms with E-state index in [4.69, 9.17) is 5.73 Å². The lowest BCUT2D eigenvalue weighted by molar-refractivity contribution is -0.384. The number of nitrogens with one attached hydrogen (secondary N) is 1. The van der Waals surface area contributed by atoms with Crippen LogP contribution < -0.4 is 5.73 Å². The summed E-state index contributed by atoms with van der Waals surface area (Å²) in [7, 11) is 0. The summed E-state index contributed by atoms with van der Waals surface area (Å²) in [5, 5.41) is 17.1. The summed E-state index contributed by atoms with van der Waals surface area (Å²) < 4.78 is 0. The molecule has 2 rings (SSSR count). The minimum absolute atomic E-state index is 0.0175. The van der Waals surface area contributed by atoms with Crippen LogP contribution in [-0.2, 0) is 0 Å². The summed E-state index contributed by atoms with van der Waals surface area (Å²) >= 11 is 0. The minimum Gasteiger partial charge on any atom is -0.366 e. The molecule has 0 radical (unpaired) electrons. The number of aromatic amines is 1. The number of hydrogen-bond acceptors (Lipinski definition) is 5. The van der Waals surface area contributed by atoms with Gasteiger partial charge < -0.3 is 5.73 Å². The van der Waals surface area contributed by atoms with Crippen LogP contribution in [0, 0.1) is 17.0 Å². The summed E-state index contributed by atoms with van der Waals surface area (Å²) in [6.45, 7) is 1.76. The number of hydrogen-bond donors (Lipinski definition) is 2. The lowest BCUT2D eigenvalue weighted by Gasteiger charge is -2.02. The van der Waals surface area contributed by atoms with Gasteiger partial charge in [0.2, 0.25) is 5.95 Å². The van der Waals surface area contributed by atoms with Crippen molar-refractivity contribution in [1.82, 2.24) is 15.2 Å². The predicted molar refractivity (Wildman–Crippen MR) is 57.6 cm³/mol. The van der Waals surface area contributed by atoms with Gasteiger partial charge in [-0.05, 0) is 12.5 Å². The van der Waals surface area contributed by atoms with Crippen LogP contribution in [0.1, 0.15) is 5.56 Å². The standard InChI is InChI=1S/C9H9N5O2/c1-5-3-2-4-6(14(15)16)7(5)8-11-9(10)13-12-8/h2-4H,1H3,(H3,10,11,12,13). The average Bonchev–Trinajstić information content (AvgIpc) is 2.64. The van der Waals surface area contributed by atoms with E-state index in [2.05, 4.69) is 15.2 Å². The van der Waals surface area contributed by atoms with Crippen molar-refractivity contribution in [2.24, 2.45) is 0 Å². The summed E-state index contributed by atoms with van der Waals surface area (Å²) in [4.78, 5) is 14.3. The quantitative estimate of drug-likeness (QED) is 0.583. The van der Waals surface area contributed by atoms with Gasteiger partial charge in [-0.1, -0.05) is 12.1 Å². The summed E-state index contributed by atoms with van der Waals surface area (Å²) in [5.41, 5.74) is 6.51. The number of benzene rings is 1. The fraction of sp³-hybridized carbons (Fsp3) is 0.111. The molecule has 0 aliphatic rings. The van der Waals surface area contributed by atoms with Gasteiger partial charge in [0.15, 0.2) is 5.82 Å². The molecule has 7 nitrogen and oxygen atoms in total. The fourth-order valence-corrected chi connectivity index (χ4v) is 1.50. The van der Waals surface area contributed by atoms with Gasteiger partial charge >= 0.3 is 0 Å². The zero-order valence-corrected chi connectivity index (χ0v) is 8.47. The van der Waals surface area contributed by atoms with Crippen molar-refractivity contribution in [3.63, 3.8) is 0 Å². The van der Waals surface area contributed by atoms with Gasteiger partial charge in [-0.3, -0.25) is 15.2 Å². The number of aromatic nitrogens is 3. The molecule has 1 aromatic heterocycles. The van der Waals surface area contributed by atoms with Crippen LogP contribution in [0.15, 0.2) is 18.2 Å². The molecule has 0 spiro atoms. The highest BCUT2D eigenvalue weighted by molar-refractivity contribution is 5.71. The van der Waals surface area contributed by atoms with Gasteiger partial charge in [0.25, 0.3) is 5.69 Å². The molecule has 0 fully saturated rings. The number of nitrogen functional groups attached to an aromatic ring is 1. The van der Waals surface area contributed by atoms with Crippen LogP contribution in [0.4, 0.5) is 11.6 Å². The summed E-state index contributed by atoms with van der Waals surface area (Å²) in [6, 6.07) is 4.80. The Hall–Kier alpha value is -2.44. The maximum Gasteiger partial charge on any atom is 0.280 e. The second-order valence-electron chi connectivity index (χ2n) is 3.27. The molecule has 82 valence electrons. The highest BCUT2D eigenvalue weighted by atomic mass is 16.6. The van der Waals surface area contributed by atoms with Crippen molar-refractivity contribution in [3.05, 3.63) is 33.9 Å². The van der Waals surface area contributed by atoms with Crippen molar-refractivity contribution in [1.29, 1.82) is 0 Å². The van der Waals surface area contributed by atoms with E-state index in [9.17, 15) is 10.1 Å². The Bertz CT molecular complexity index is 549. The third kappa shape index (κ3) is 1.58. The Kier molecular flexibility index (Phi) is 2.28. The Morgan fingerprint density at radius 3 is 2.81 bits per heavy atom. The second kappa shape index (κ2) is 3.61. The minimum atomic E-state index is -0.457. The normalized spacial score (nSPS) is 10.3. The first kappa shape index (κ1) is 10.1. The van der Waals surface area contributed by atoms with Gasteiger partial charge in [0, 0.05) is 6.07 Å². The van der Waals surface area contributed by atoms with Crippen molar-refractivity contribution >= 4 is 11.6 Å². The molecule has 0 aliphatic carbocycles. The molecule has 0 saturated carbocycles. The average molecular weight is 219 g/mol. The topological polar surface area (TPSA) is 111 Å². The van der Waals surface area contributed by atoms with Gasteiger partial charge in [-0.15, -0.1) is 5.10 Å². The Balaban J connectivity index is 2.67. The zero-order chi connectivity index (χ0) is 11.7. The molecule has 0 atom stereocenters. The third-order valence-electron chi connectivity index (χ3n) is 2.19. The van der Waals surface area contributed by atoms with Crippen LogP contribution in [0.2, 0.25) is 0 Å². The van der Waals surface area contributed by atoms with E-state index in [0.29, 0.717) is 11.4 Å². The van der Waals surface area contributed by atoms with Crippen LogP contribution in [0.25, 0.3) is 11.4 Å². The molecule has 16 heavy (non-hydrogen) atoms. The first-order chi connectivity index (χ1) is 7.59. The predicted octanol–water partition coefficient (Wildman–Crippen LogP) is 1.27. The molecule has 0 saturated heterocycles. The Labute approximate surface area is 90.5 Å². The van der Waals surface area contributed by atoms with E-state index < -0.39 is 4.92 Å². The SMILES string of the molecule is Cc1cccc([N+](=O)[O-])c1-c1nc(N)n[nH]1. The van der Waals surface area contributed by atoms with E-state index in [1.165, 1.54) is 6.07 Å². The van der Waals surface area contributed by atoms with Crippen LogP contribution in [0.5, 0.6) is 0 Å². The maximum absolute atomic E-state index is 10.9. The molecule has 0 aliphatic heterocycles. The molecule has 1 heterocycles. The van der Waals surface area contributed by atoms with Crippen LogP contribution in [-0.4, -0.2) is 20.1 Å². The van der Waals surface area contributed by atoms with Gasteiger partial charge in [0.1, 0.15) is 0 Å². The molecule has 3 N–H and O–H groups in total. The monoisotopic (exact) mass is 219 g/mol. The smallest absolute Gasteiger partial charge is 0.280 e. The number of nitrogens with zero attached hydrogens (tertiary/aromatic N) is 3. The number of nitrogens with two attached hydrogens (primary N) is 1. The Morgan fingerprint density at radius 1 is 1.50 bits per heavy atom. The molecule has 0 unspecified atom stereocenters. The second-order valence-corrected chi connectivity index (χ2v) is 3.27. The maximum atomic E-state index is 10.9. The van der Waals surface area contributed by atoms with Crippen LogP contribution >= 0.6 is 0 Å². The van der Waals surface area contributed by atoms with E-state index in [-0.39, 0.29) is 11.6 Å². The summed E-state index contributed by atoms with van der Waals surface area (Å²) in [5.74, 6) is 0.370. The largest absolute Gasteiger partial charge is 0.366 e. The van der Waals surface area contributed by atoms with Crippen LogP contribution in [0.3, 0.4) is 0 Å². The molecule has 7 heteroatoms. The first-order valence-corrected chi connectivity index (χ1v) is 4.52. The molecule has 2 aromatic rings. The lowest BCUT2D eigenvalue weighted by atomic mass is 10.1. The van der Waals surface area contributed by atoms with Crippen molar-refractivity contribution < 1.29 is 4.92 Å². The molecule has 0 bridgehead atoms. The number of anilines is 1. The van der Waals surface area contributed by atoms with E-state index in [1.807, 2.05) is 0 Å². The highest BCUT2D eigenvalue weighted by Gasteiger charge is 2.19. The summed E-state index contributed by atoms with van der Waals surface area (Å²) in [6.07, 6.45) is 0. The van der Waals surface area contributed by atoms with E-state index >= 15 is 0 Å². The number of aryl methyl sites for hydroxylation is 1. The fourth-order valence-electron chi connectivity index (χ4n) is 1.50. The number of rotatable bonds is 2.